The molecule has 0 spiro atoms. The van der Waals surface area contributed by atoms with Gasteiger partial charge in [0, 0.05) is 24.2 Å². The quantitative estimate of drug-likeness (QED) is 0.845. The minimum Gasteiger partial charge on any atom is -0.397 e. The first-order valence-corrected chi connectivity index (χ1v) is 7.78. The summed E-state index contributed by atoms with van der Waals surface area (Å²) in [6.07, 6.45) is 0.597. The molecule has 0 aromatic carbocycles. The first-order chi connectivity index (χ1) is 9.78. The number of nitrogens with zero attached hydrogens (tertiary/aromatic N) is 2. The van der Waals surface area contributed by atoms with Crippen molar-refractivity contribution in [2.75, 3.05) is 18.8 Å². The van der Waals surface area contributed by atoms with Crippen LogP contribution >= 0.6 is 11.3 Å². The number of likely N-dealkylation sites (tertiary alicyclic amines) is 1. The molecule has 0 bridgehead atoms. The summed E-state index contributed by atoms with van der Waals surface area (Å²) in [6.45, 7) is 6.58. The molecule has 21 heavy (non-hydrogen) atoms. The van der Waals surface area contributed by atoms with E-state index in [1.807, 2.05) is 19.9 Å². The summed E-state index contributed by atoms with van der Waals surface area (Å²) in [5, 5.41) is 10.9. The van der Waals surface area contributed by atoms with Gasteiger partial charge in [-0.2, -0.15) is 0 Å². The summed E-state index contributed by atoms with van der Waals surface area (Å²) in [5.74, 6) is -0.106. The van der Waals surface area contributed by atoms with Crippen LogP contribution in [-0.2, 0) is 0 Å². The highest BCUT2D eigenvalue weighted by atomic mass is 32.1. The zero-order chi connectivity index (χ0) is 15.4. The Morgan fingerprint density at radius 3 is 2.86 bits per heavy atom. The number of β-amino-alcohol motifs (C(OH)–C–C–N with tert-alkyl or cyclic N) is 1. The van der Waals surface area contributed by atoms with E-state index in [1.165, 1.54) is 11.3 Å². The molecule has 2 aromatic rings. The predicted molar refractivity (Wildman–Crippen MR) is 84.7 cm³/mol. The number of pyridine rings is 1. The Morgan fingerprint density at radius 2 is 2.24 bits per heavy atom. The van der Waals surface area contributed by atoms with E-state index >= 15 is 0 Å². The molecular formula is C15H19N3O2S. The molecule has 0 saturated carbocycles. The van der Waals surface area contributed by atoms with Crippen LogP contribution in [0.15, 0.2) is 6.07 Å². The highest BCUT2D eigenvalue weighted by molar-refractivity contribution is 7.21. The Hall–Kier alpha value is -1.66. The number of nitrogens with two attached hydrogens (primary N) is 1. The average Bonchev–Trinajstić information content (AvgIpc) is 2.89. The van der Waals surface area contributed by atoms with Crippen LogP contribution in [0.3, 0.4) is 0 Å². The molecule has 5 nitrogen and oxygen atoms in total. The van der Waals surface area contributed by atoms with Crippen LogP contribution in [0, 0.1) is 13.8 Å². The van der Waals surface area contributed by atoms with Crippen LogP contribution in [0.2, 0.25) is 0 Å². The van der Waals surface area contributed by atoms with Gasteiger partial charge >= 0.3 is 0 Å². The van der Waals surface area contributed by atoms with Gasteiger partial charge in [-0.05, 0) is 38.8 Å². The fourth-order valence-corrected chi connectivity index (χ4v) is 4.07. The molecule has 1 aliphatic rings. The SMILES string of the molecule is Cc1cc(C)c2c(N)c(C(=O)N3CCC(C)(O)C3)sc2n1. The number of hydrogen-bond acceptors (Lipinski definition) is 5. The average molecular weight is 305 g/mol. The summed E-state index contributed by atoms with van der Waals surface area (Å²) >= 11 is 1.34. The van der Waals surface area contributed by atoms with Crippen molar-refractivity contribution in [1.82, 2.24) is 9.88 Å². The largest absolute Gasteiger partial charge is 0.397 e. The lowest BCUT2D eigenvalue weighted by atomic mass is 10.1. The smallest absolute Gasteiger partial charge is 0.266 e. The number of anilines is 1. The van der Waals surface area contributed by atoms with Crippen molar-refractivity contribution in [2.24, 2.45) is 0 Å². The molecule has 2 aromatic heterocycles. The number of rotatable bonds is 1. The first kappa shape index (κ1) is 14.3. The van der Waals surface area contributed by atoms with E-state index in [0.717, 1.165) is 21.5 Å². The number of aliphatic hydroxyl groups is 1. The Morgan fingerprint density at radius 1 is 1.52 bits per heavy atom. The van der Waals surface area contributed by atoms with Crippen molar-refractivity contribution >= 4 is 33.1 Å². The van der Waals surface area contributed by atoms with Crippen LogP contribution in [0.5, 0.6) is 0 Å². The van der Waals surface area contributed by atoms with Crippen LogP contribution in [0.25, 0.3) is 10.2 Å². The monoisotopic (exact) mass is 305 g/mol. The number of nitrogen functional groups attached to an aromatic ring is 1. The van der Waals surface area contributed by atoms with Gasteiger partial charge in [0.25, 0.3) is 5.91 Å². The van der Waals surface area contributed by atoms with Crippen molar-refractivity contribution in [3.63, 3.8) is 0 Å². The molecule has 1 atom stereocenters. The number of carbonyl (C=O) groups is 1. The number of fused-ring (bicyclic) bond motifs is 1. The Balaban J connectivity index is 2.03. The number of carbonyl (C=O) groups excluding carboxylic acids is 1. The third-order valence-electron chi connectivity index (χ3n) is 3.96. The summed E-state index contributed by atoms with van der Waals surface area (Å²) < 4.78 is 0. The Kier molecular flexibility index (Phi) is 3.18. The topological polar surface area (TPSA) is 79.5 Å². The van der Waals surface area contributed by atoms with Gasteiger partial charge in [-0.3, -0.25) is 4.79 Å². The second-order valence-corrected chi connectivity index (χ2v) is 7.08. The fourth-order valence-electron chi connectivity index (χ4n) is 2.89. The molecule has 112 valence electrons. The molecule has 1 saturated heterocycles. The third kappa shape index (κ3) is 2.38. The highest BCUT2D eigenvalue weighted by Crippen LogP contribution is 2.36. The van der Waals surface area contributed by atoms with Crippen molar-refractivity contribution < 1.29 is 9.90 Å². The zero-order valence-corrected chi connectivity index (χ0v) is 13.3. The second kappa shape index (κ2) is 4.68. The van der Waals surface area contributed by atoms with Gasteiger partial charge < -0.3 is 15.7 Å². The molecule has 1 unspecified atom stereocenters. The normalized spacial score (nSPS) is 22.2. The van der Waals surface area contributed by atoms with Crippen LogP contribution in [0.1, 0.15) is 34.3 Å². The number of aryl methyl sites for hydroxylation is 2. The summed E-state index contributed by atoms with van der Waals surface area (Å²) in [6, 6.07) is 1.97. The van der Waals surface area contributed by atoms with Gasteiger partial charge in [-0.25, -0.2) is 4.98 Å². The maximum Gasteiger partial charge on any atom is 0.266 e. The molecule has 1 aliphatic heterocycles. The fraction of sp³-hybridized carbons (Fsp3) is 0.467. The van der Waals surface area contributed by atoms with Crippen LogP contribution < -0.4 is 5.73 Å². The van der Waals surface area contributed by atoms with E-state index < -0.39 is 5.60 Å². The van der Waals surface area contributed by atoms with Gasteiger partial charge in [-0.1, -0.05) is 0 Å². The van der Waals surface area contributed by atoms with E-state index in [1.54, 1.807) is 11.8 Å². The van der Waals surface area contributed by atoms with Crippen molar-refractivity contribution in [2.45, 2.75) is 32.8 Å². The van der Waals surface area contributed by atoms with Gasteiger partial charge in [0.2, 0.25) is 0 Å². The zero-order valence-electron chi connectivity index (χ0n) is 12.4. The van der Waals surface area contributed by atoms with Gasteiger partial charge in [0.05, 0.1) is 11.3 Å². The molecule has 0 aliphatic carbocycles. The highest BCUT2D eigenvalue weighted by Gasteiger charge is 2.35. The molecule has 1 fully saturated rings. The lowest BCUT2D eigenvalue weighted by Crippen LogP contribution is -2.33. The van der Waals surface area contributed by atoms with Gasteiger partial charge in [0.1, 0.15) is 9.71 Å². The number of hydrogen-bond donors (Lipinski definition) is 2. The number of aromatic nitrogens is 1. The number of amides is 1. The third-order valence-corrected chi connectivity index (χ3v) is 5.04. The van der Waals surface area contributed by atoms with E-state index in [-0.39, 0.29) is 5.91 Å². The van der Waals surface area contributed by atoms with Crippen LogP contribution in [-0.4, -0.2) is 39.6 Å². The lowest BCUT2D eigenvalue weighted by Gasteiger charge is -2.18. The van der Waals surface area contributed by atoms with E-state index in [2.05, 4.69) is 4.98 Å². The molecule has 3 rings (SSSR count). The van der Waals surface area contributed by atoms with Gasteiger partial charge in [0.15, 0.2) is 0 Å². The first-order valence-electron chi connectivity index (χ1n) is 6.96. The molecular weight excluding hydrogens is 286 g/mol. The maximum absolute atomic E-state index is 12.6. The molecule has 3 N–H and O–H groups in total. The van der Waals surface area contributed by atoms with E-state index in [9.17, 15) is 9.90 Å². The summed E-state index contributed by atoms with van der Waals surface area (Å²) in [4.78, 5) is 20.1. The van der Waals surface area contributed by atoms with Crippen molar-refractivity contribution in [3.8, 4) is 0 Å². The van der Waals surface area contributed by atoms with Crippen molar-refractivity contribution in [3.05, 3.63) is 22.2 Å². The molecule has 0 radical (unpaired) electrons. The van der Waals surface area contributed by atoms with Crippen LogP contribution in [0.4, 0.5) is 5.69 Å². The number of thiophene rings is 1. The Labute approximate surface area is 127 Å². The van der Waals surface area contributed by atoms with E-state index in [0.29, 0.717) is 30.1 Å². The molecule has 1 amide bonds. The van der Waals surface area contributed by atoms with Gasteiger partial charge in [-0.15, -0.1) is 11.3 Å². The standard InChI is InChI=1S/C15H19N3O2S/c1-8-6-9(2)17-13-10(8)11(16)12(21-13)14(19)18-5-4-15(3,20)7-18/h6,20H,4-5,7,16H2,1-3H3. The van der Waals surface area contributed by atoms with E-state index in [4.69, 9.17) is 5.73 Å². The summed E-state index contributed by atoms with van der Waals surface area (Å²) in [5.41, 5.74) is 7.86. The minimum atomic E-state index is -0.800. The Bertz CT molecular complexity index is 736. The second-order valence-electron chi connectivity index (χ2n) is 6.08. The molecule has 6 heteroatoms. The maximum atomic E-state index is 12.6. The minimum absolute atomic E-state index is 0.106. The van der Waals surface area contributed by atoms with Crippen molar-refractivity contribution in [1.29, 1.82) is 0 Å². The molecule has 3 heterocycles. The summed E-state index contributed by atoms with van der Waals surface area (Å²) in [7, 11) is 0. The lowest BCUT2D eigenvalue weighted by molar-refractivity contribution is 0.0575. The predicted octanol–water partition coefficient (Wildman–Crippen LogP) is 2.09.